The van der Waals surface area contributed by atoms with E-state index < -0.39 is 5.97 Å². The number of aromatic nitrogens is 1. The van der Waals surface area contributed by atoms with Crippen molar-refractivity contribution in [2.45, 2.75) is 0 Å². The number of hydrogen-bond donors (Lipinski definition) is 1. The van der Waals surface area contributed by atoms with Crippen LogP contribution in [-0.4, -0.2) is 23.2 Å². The number of aromatic carboxylic acids is 1. The lowest BCUT2D eigenvalue weighted by molar-refractivity contribution is 0.0694. The molecule has 0 aliphatic heterocycles. The lowest BCUT2D eigenvalue weighted by Gasteiger charge is -2.09. The van der Waals surface area contributed by atoms with Gasteiger partial charge in [-0.25, -0.2) is 9.78 Å². The second kappa shape index (κ2) is 5.71. The fourth-order valence-corrected chi connectivity index (χ4v) is 1.54. The Kier molecular flexibility index (Phi) is 3.82. The summed E-state index contributed by atoms with van der Waals surface area (Å²) >= 11 is 0. The van der Waals surface area contributed by atoms with Gasteiger partial charge >= 0.3 is 5.97 Å². The minimum atomic E-state index is -1.13. The van der Waals surface area contributed by atoms with Crippen LogP contribution < -0.4 is 9.47 Å². The minimum absolute atomic E-state index is 0.0186. The molecule has 0 atom stereocenters. The maximum atomic E-state index is 11.1. The number of carboxylic acids is 1. The van der Waals surface area contributed by atoms with Crippen LogP contribution in [0, 0.1) is 11.3 Å². The number of carboxylic acid groups (broad SMARTS) is 1. The van der Waals surface area contributed by atoms with Gasteiger partial charge < -0.3 is 14.6 Å². The van der Waals surface area contributed by atoms with Crippen molar-refractivity contribution in [1.29, 1.82) is 5.26 Å². The molecule has 1 heterocycles. The number of hydrogen-bond acceptors (Lipinski definition) is 5. The molecule has 2 aromatic rings. The smallest absolute Gasteiger partial charge is 0.339 e. The van der Waals surface area contributed by atoms with Gasteiger partial charge in [0.2, 0.25) is 5.88 Å². The molecule has 0 radical (unpaired) electrons. The van der Waals surface area contributed by atoms with Gasteiger partial charge in [0.15, 0.2) is 0 Å². The van der Waals surface area contributed by atoms with Crippen LogP contribution in [0.4, 0.5) is 0 Å². The van der Waals surface area contributed by atoms with Crippen LogP contribution in [0.1, 0.15) is 16.1 Å². The van der Waals surface area contributed by atoms with Crippen LogP contribution in [0.3, 0.4) is 0 Å². The molecule has 2 rings (SSSR count). The molecule has 0 aliphatic carbocycles. The van der Waals surface area contributed by atoms with E-state index in [-0.39, 0.29) is 22.9 Å². The zero-order valence-electron chi connectivity index (χ0n) is 10.5. The monoisotopic (exact) mass is 270 g/mol. The van der Waals surface area contributed by atoms with Gasteiger partial charge in [0.1, 0.15) is 28.8 Å². The molecule has 20 heavy (non-hydrogen) atoms. The molecule has 100 valence electrons. The van der Waals surface area contributed by atoms with E-state index in [4.69, 9.17) is 19.8 Å². The summed E-state index contributed by atoms with van der Waals surface area (Å²) in [6, 6.07) is 10.9. The van der Waals surface area contributed by atoms with Gasteiger partial charge in [0, 0.05) is 12.1 Å². The third kappa shape index (κ3) is 2.84. The van der Waals surface area contributed by atoms with Crippen molar-refractivity contribution in [2.24, 2.45) is 0 Å². The summed E-state index contributed by atoms with van der Waals surface area (Å²) in [5.41, 5.74) is 0.164. The Bertz CT molecular complexity index is 692. The molecule has 0 aliphatic rings. The number of pyridine rings is 1. The average molecular weight is 270 g/mol. The normalized spacial score (nSPS) is 9.60. The van der Waals surface area contributed by atoms with Crippen LogP contribution in [-0.2, 0) is 0 Å². The number of rotatable bonds is 4. The minimum Gasteiger partial charge on any atom is -0.497 e. The second-order valence-corrected chi connectivity index (χ2v) is 3.74. The van der Waals surface area contributed by atoms with Crippen LogP contribution in [0.25, 0.3) is 0 Å². The zero-order valence-corrected chi connectivity index (χ0v) is 10.5. The molecule has 6 heteroatoms. The number of nitriles is 1. The summed E-state index contributed by atoms with van der Waals surface area (Å²) in [6.07, 6.45) is 0. The Hall–Kier alpha value is -3.07. The van der Waals surface area contributed by atoms with Crippen LogP contribution in [0.5, 0.6) is 17.4 Å². The highest BCUT2D eigenvalue weighted by atomic mass is 16.5. The summed E-state index contributed by atoms with van der Waals surface area (Å²) < 4.78 is 10.5. The first-order valence-electron chi connectivity index (χ1n) is 5.60. The van der Waals surface area contributed by atoms with E-state index in [0.717, 1.165) is 0 Å². The van der Waals surface area contributed by atoms with Crippen LogP contribution in [0.2, 0.25) is 0 Å². The van der Waals surface area contributed by atoms with Crippen molar-refractivity contribution in [3.8, 4) is 23.4 Å². The van der Waals surface area contributed by atoms with Crippen molar-refractivity contribution >= 4 is 5.97 Å². The largest absolute Gasteiger partial charge is 0.497 e. The standard InChI is InChI=1S/C14H10N2O4/c1-19-10-5-6-11(14(17)18)12(7-10)20-13-4-2-3-9(8-15)16-13/h2-7H,1H3,(H,17,18). The van der Waals surface area contributed by atoms with E-state index in [1.807, 2.05) is 6.07 Å². The molecule has 0 spiro atoms. The van der Waals surface area contributed by atoms with Gasteiger partial charge in [-0.15, -0.1) is 0 Å². The van der Waals surface area contributed by atoms with Gasteiger partial charge in [-0.2, -0.15) is 5.26 Å². The third-order valence-corrected chi connectivity index (χ3v) is 2.47. The van der Waals surface area contributed by atoms with E-state index >= 15 is 0 Å². The highest BCUT2D eigenvalue weighted by Gasteiger charge is 2.14. The van der Waals surface area contributed by atoms with E-state index in [2.05, 4.69) is 4.98 Å². The first-order valence-corrected chi connectivity index (χ1v) is 5.60. The Labute approximate surface area is 114 Å². The molecular formula is C14H10N2O4. The SMILES string of the molecule is COc1ccc(C(=O)O)c(Oc2cccc(C#N)n2)c1. The Balaban J connectivity index is 2.40. The second-order valence-electron chi connectivity index (χ2n) is 3.74. The van der Waals surface area contributed by atoms with Gasteiger partial charge in [0.25, 0.3) is 0 Å². The predicted octanol–water partition coefficient (Wildman–Crippen LogP) is 2.45. The van der Waals surface area contributed by atoms with Crippen LogP contribution >= 0.6 is 0 Å². The molecule has 0 fully saturated rings. The van der Waals surface area contributed by atoms with Crippen molar-refractivity contribution in [2.75, 3.05) is 7.11 Å². The molecule has 6 nitrogen and oxygen atoms in total. The van der Waals surface area contributed by atoms with Gasteiger partial charge in [-0.05, 0) is 18.2 Å². The summed E-state index contributed by atoms with van der Waals surface area (Å²) in [6.45, 7) is 0. The quantitative estimate of drug-likeness (QED) is 0.917. The molecule has 1 aromatic heterocycles. The number of nitrogens with zero attached hydrogens (tertiary/aromatic N) is 2. The molecule has 1 N–H and O–H groups in total. The summed E-state index contributed by atoms with van der Waals surface area (Å²) in [5, 5.41) is 17.9. The van der Waals surface area contributed by atoms with Crippen molar-refractivity contribution in [3.63, 3.8) is 0 Å². The van der Waals surface area contributed by atoms with Gasteiger partial charge in [-0.3, -0.25) is 0 Å². The molecule has 0 amide bonds. The van der Waals surface area contributed by atoms with Crippen molar-refractivity contribution in [1.82, 2.24) is 4.98 Å². The highest BCUT2D eigenvalue weighted by Crippen LogP contribution is 2.28. The molecule has 0 bridgehead atoms. The predicted molar refractivity (Wildman–Crippen MR) is 69.0 cm³/mol. The molecular weight excluding hydrogens is 260 g/mol. The number of benzene rings is 1. The topological polar surface area (TPSA) is 92.4 Å². The van der Waals surface area contributed by atoms with Gasteiger partial charge in [-0.1, -0.05) is 6.07 Å². The third-order valence-electron chi connectivity index (χ3n) is 2.47. The summed E-state index contributed by atoms with van der Waals surface area (Å²) in [5.74, 6) is -0.431. The number of methoxy groups -OCH3 is 1. The van der Waals surface area contributed by atoms with Crippen LogP contribution in [0.15, 0.2) is 36.4 Å². The number of ether oxygens (including phenoxy) is 2. The highest BCUT2D eigenvalue weighted by molar-refractivity contribution is 5.91. The molecule has 0 saturated carbocycles. The van der Waals surface area contributed by atoms with E-state index in [0.29, 0.717) is 5.75 Å². The molecule has 0 unspecified atom stereocenters. The molecule has 0 saturated heterocycles. The number of carbonyl (C=O) groups is 1. The first-order chi connectivity index (χ1) is 9.63. The Morgan fingerprint density at radius 3 is 2.80 bits per heavy atom. The molecule has 1 aromatic carbocycles. The first kappa shape index (κ1) is 13.4. The van der Waals surface area contributed by atoms with Crippen molar-refractivity contribution < 1.29 is 19.4 Å². The Morgan fingerprint density at radius 2 is 2.15 bits per heavy atom. The fraction of sp³-hybridized carbons (Fsp3) is 0.0714. The zero-order chi connectivity index (χ0) is 14.5. The van der Waals surface area contributed by atoms with E-state index in [9.17, 15) is 4.79 Å². The lowest BCUT2D eigenvalue weighted by atomic mass is 10.2. The Morgan fingerprint density at radius 1 is 1.35 bits per heavy atom. The summed E-state index contributed by atoms with van der Waals surface area (Å²) in [7, 11) is 1.47. The summed E-state index contributed by atoms with van der Waals surface area (Å²) in [4.78, 5) is 15.1. The van der Waals surface area contributed by atoms with E-state index in [1.54, 1.807) is 6.07 Å². The maximum absolute atomic E-state index is 11.1. The fourth-order valence-electron chi connectivity index (χ4n) is 1.54. The lowest BCUT2D eigenvalue weighted by Crippen LogP contribution is -2.01. The maximum Gasteiger partial charge on any atom is 0.339 e. The van der Waals surface area contributed by atoms with E-state index in [1.165, 1.54) is 37.4 Å². The van der Waals surface area contributed by atoms with Crippen molar-refractivity contribution in [3.05, 3.63) is 47.7 Å². The van der Waals surface area contributed by atoms with Gasteiger partial charge in [0.05, 0.1) is 7.11 Å². The average Bonchev–Trinajstić information content (AvgIpc) is 2.47.